The molecule has 0 saturated carbocycles. The Balaban J connectivity index is 1.51. The first-order valence-electron chi connectivity index (χ1n) is 9.45. The molecule has 2 aromatic rings. The third-order valence-electron chi connectivity index (χ3n) is 4.31. The molecular formula is C20H20FN3O5S3. The predicted molar refractivity (Wildman–Crippen MR) is 122 cm³/mol. The first-order chi connectivity index (χ1) is 15.1. The van der Waals surface area contributed by atoms with Gasteiger partial charge in [-0.15, -0.1) is 11.3 Å². The van der Waals surface area contributed by atoms with Gasteiger partial charge < -0.3 is 5.32 Å². The zero-order valence-electron chi connectivity index (χ0n) is 17.0. The van der Waals surface area contributed by atoms with Crippen LogP contribution in [0.5, 0.6) is 0 Å². The second-order valence-corrected chi connectivity index (χ2v) is 10.8. The summed E-state index contributed by atoms with van der Waals surface area (Å²) in [7, 11) is -3.27. The van der Waals surface area contributed by atoms with Crippen LogP contribution in [0, 0.1) is 5.82 Å². The quantitative estimate of drug-likeness (QED) is 0.515. The van der Waals surface area contributed by atoms with Gasteiger partial charge in [-0.25, -0.2) is 17.5 Å². The number of halogens is 1. The molecular weight excluding hydrogens is 477 g/mol. The minimum Gasteiger partial charge on any atom is -0.350 e. The lowest BCUT2D eigenvalue weighted by molar-refractivity contribution is -0.122. The minimum atomic E-state index is -3.27. The number of carbonyl (C=O) groups is 3. The maximum Gasteiger partial charge on any atom is 0.293 e. The smallest absolute Gasteiger partial charge is 0.293 e. The first kappa shape index (κ1) is 24.1. The van der Waals surface area contributed by atoms with Crippen molar-refractivity contribution in [3.63, 3.8) is 0 Å². The van der Waals surface area contributed by atoms with E-state index in [2.05, 4.69) is 10.0 Å². The fourth-order valence-electron chi connectivity index (χ4n) is 2.79. The Kier molecular flexibility index (Phi) is 7.82. The molecule has 0 atom stereocenters. The van der Waals surface area contributed by atoms with Crippen LogP contribution in [0.2, 0.25) is 0 Å². The number of sulfonamides is 1. The van der Waals surface area contributed by atoms with Crippen molar-refractivity contribution in [2.75, 3.05) is 25.9 Å². The van der Waals surface area contributed by atoms with E-state index in [4.69, 9.17) is 0 Å². The van der Waals surface area contributed by atoms with E-state index in [1.807, 2.05) is 0 Å². The molecule has 3 rings (SSSR count). The Morgan fingerprint density at radius 3 is 2.62 bits per heavy atom. The van der Waals surface area contributed by atoms with Crippen LogP contribution in [-0.4, -0.2) is 56.3 Å². The van der Waals surface area contributed by atoms with Gasteiger partial charge >= 0.3 is 0 Å². The number of hydrogen-bond donors (Lipinski definition) is 2. The number of hydrogen-bond acceptors (Lipinski definition) is 7. The molecule has 1 saturated heterocycles. The molecule has 0 spiro atoms. The number of amides is 3. The van der Waals surface area contributed by atoms with Crippen LogP contribution in [0.15, 0.2) is 41.3 Å². The van der Waals surface area contributed by atoms with Gasteiger partial charge in [0.05, 0.1) is 16.0 Å². The molecule has 8 nitrogen and oxygen atoms in total. The minimum absolute atomic E-state index is 0.0124. The molecule has 12 heteroatoms. The largest absolute Gasteiger partial charge is 0.350 e. The molecule has 1 aromatic carbocycles. The van der Waals surface area contributed by atoms with Gasteiger partial charge in [0, 0.05) is 30.1 Å². The number of rotatable bonds is 9. The maximum absolute atomic E-state index is 13.8. The van der Waals surface area contributed by atoms with Gasteiger partial charge in [-0.1, -0.05) is 18.2 Å². The Bertz CT molecular complexity index is 1180. The molecule has 0 aliphatic carbocycles. The van der Waals surface area contributed by atoms with Gasteiger partial charge in [0.25, 0.3) is 17.1 Å². The summed E-state index contributed by atoms with van der Waals surface area (Å²) in [6.45, 7) is 0.286. The Morgan fingerprint density at radius 2 is 1.91 bits per heavy atom. The Hall–Kier alpha value is -2.54. The summed E-state index contributed by atoms with van der Waals surface area (Å²) in [6, 6.07) is 9.32. The Labute approximate surface area is 192 Å². The number of nitrogens with zero attached hydrogens (tertiary/aromatic N) is 1. The van der Waals surface area contributed by atoms with Crippen LogP contribution < -0.4 is 10.0 Å². The van der Waals surface area contributed by atoms with E-state index in [-0.39, 0.29) is 36.0 Å². The highest BCUT2D eigenvalue weighted by atomic mass is 32.2. The Morgan fingerprint density at radius 1 is 1.16 bits per heavy atom. The third kappa shape index (κ3) is 6.48. The van der Waals surface area contributed by atoms with Crippen molar-refractivity contribution in [3.05, 3.63) is 62.4 Å². The molecule has 1 fully saturated rings. The van der Waals surface area contributed by atoms with E-state index in [9.17, 15) is 27.2 Å². The van der Waals surface area contributed by atoms with Crippen LogP contribution in [0.3, 0.4) is 0 Å². The lowest BCUT2D eigenvalue weighted by Gasteiger charge is -2.12. The van der Waals surface area contributed by atoms with Crippen LogP contribution >= 0.6 is 23.1 Å². The monoisotopic (exact) mass is 497 g/mol. The lowest BCUT2D eigenvalue weighted by atomic mass is 10.2. The lowest BCUT2D eigenvalue weighted by Crippen LogP contribution is -2.37. The van der Waals surface area contributed by atoms with Crippen molar-refractivity contribution in [2.45, 2.75) is 6.42 Å². The van der Waals surface area contributed by atoms with Crippen molar-refractivity contribution in [2.24, 2.45) is 0 Å². The molecule has 2 N–H and O–H groups in total. The number of thioether (sulfide) groups is 1. The van der Waals surface area contributed by atoms with Crippen LogP contribution in [-0.2, 0) is 21.2 Å². The average Bonchev–Trinajstić information content (AvgIpc) is 3.29. The molecule has 2 heterocycles. The van der Waals surface area contributed by atoms with Crippen molar-refractivity contribution >= 4 is 56.3 Å². The normalized spacial score (nSPS) is 15.6. The first-order valence-corrected chi connectivity index (χ1v) is 13.0. The third-order valence-corrected chi connectivity index (χ3v) is 7.09. The fraction of sp³-hybridized carbons (Fsp3) is 0.250. The van der Waals surface area contributed by atoms with Crippen LogP contribution in [0.25, 0.3) is 6.08 Å². The summed E-state index contributed by atoms with van der Waals surface area (Å²) < 4.78 is 38.4. The van der Waals surface area contributed by atoms with Gasteiger partial charge in [0.2, 0.25) is 10.0 Å². The van der Waals surface area contributed by atoms with Crippen molar-refractivity contribution < 1.29 is 27.2 Å². The van der Waals surface area contributed by atoms with Crippen LogP contribution in [0.4, 0.5) is 9.18 Å². The number of carbonyl (C=O) groups excluding carboxylic acids is 3. The van der Waals surface area contributed by atoms with E-state index >= 15 is 0 Å². The molecule has 0 bridgehead atoms. The average molecular weight is 498 g/mol. The number of imide groups is 1. The predicted octanol–water partition coefficient (Wildman–Crippen LogP) is 2.45. The van der Waals surface area contributed by atoms with E-state index in [1.165, 1.54) is 35.6 Å². The molecule has 1 aliphatic heterocycles. The second-order valence-electron chi connectivity index (χ2n) is 6.79. The SMILES string of the molecule is CS(=O)(=O)NCCc1ccc(C(=O)NCCN2C(=O)S/C(=C\c3ccccc3F)C2=O)s1. The fourth-order valence-corrected chi connectivity index (χ4v) is 5.04. The van der Waals surface area contributed by atoms with Gasteiger partial charge in [-0.05, 0) is 42.5 Å². The number of nitrogens with one attached hydrogen (secondary N) is 2. The molecule has 0 unspecified atom stereocenters. The standard InChI is InChI=1S/C20H20FN3O5S3/c1-32(28,29)23-9-8-14-6-7-16(30-14)18(25)22-10-11-24-19(26)17(31-20(24)27)12-13-4-2-3-5-15(13)21/h2-7,12,23H,8-11H2,1H3,(H,22,25)/b17-12-. The number of benzene rings is 1. The summed E-state index contributed by atoms with van der Waals surface area (Å²) in [4.78, 5) is 39.4. The van der Waals surface area contributed by atoms with Gasteiger partial charge in [-0.2, -0.15) is 0 Å². The summed E-state index contributed by atoms with van der Waals surface area (Å²) in [5.41, 5.74) is 0.214. The van der Waals surface area contributed by atoms with E-state index in [1.54, 1.807) is 18.2 Å². The summed E-state index contributed by atoms with van der Waals surface area (Å²) >= 11 is 1.96. The molecule has 0 radical (unpaired) electrons. The molecule has 32 heavy (non-hydrogen) atoms. The van der Waals surface area contributed by atoms with Gasteiger partial charge in [-0.3, -0.25) is 19.3 Å². The summed E-state index contributed by atoms with van der Waals surface area (Å²) in [6.07, 6.45) is 2.87. The summed E-state index contributed by atoms with van der Waals surface area (Å²) in [5, 5.41) is 2.18. The summed E-state index contributed by atoms with van der Waals surface area (Å²) in [5.74, 6) is -1.38. The molecule has 1 aromatic heterocycles. The van der Waals surface area contributed by atoms with Gasteiger partial charge in [0.1, 0.15) is 5.82 Å². The van der Waals surface area contributed by atoms with E-state index in [0.29, 0.717) is 11.3 Å². The maximum atomic E-state index is 13.8. The van der Waals surface area contributed by atoms with E-state index in [0.717, 1.165) is 27.8 Å². The van der Waals surface area contributed by atoms with Crippen molar-refractivity contribution in [1.82, 2.24) is 14.9 Å². The molecule has 1 aliphatic rings. The topological polar surface area (TPSA) is 113 Å². The zero-order chi connectivity index (χ0) is 23.3. The molecule has 170 valence electrons. The highest BCUT2D eigenvalue weighted by Gasteiger charge is 2.34. The highest BCUT2D eigenvalue weighted by molar-refractivity contribution is 8.18. The van der Waals surface area contributed by atoms with Gasteiger partial charge in [0.15, 0.2) is 0 Å². The molecule has 3 amide bonds. The van der Waals surface area contributed by atoms with Crippen LogP contribution in [0.1, 0.15) is 20.1 Å². The van der Waals surface area contributed by atoms with Crippen molar-refractivity contribution in [1.29, 1.82) is 0 Å². The van der Waals surface area contributed by atoms with E-state index < -0.39 is 27.0 Å². The zero-order valence-corrected chi connectivity index (χ0v) is 19.4. The second kappa shape index (κ2) is 10.4. The number of thiophene rings is 1. The van der Waals surface area contributed by atoms with Crippen molar-refractivity contribution in [3.8, 4) is 0 Å². The highest BCUT2D eigenvalue weighted by Crippen LogP contribution is 2.32.